The molecule has 0 aliphatic heterocycles. The van der Waals surface area contributed by atoms with Gasteiger partial charge in [-0.15, -0.1) is 0 Å². The summed E-state index contributed by atoms with van der Waals surface area (Å²) in [6.07, 6.45) is 1.76. The molecule has 1 aliphatic carbocycles. The van der Waals surface area contributed by atoms with E-state index in [9.17, 15) is 19.7 Å². The summed E-state index contributed by atoms with van der Waals surface area (Å²) in [6.45, 7) is 1.94. The summed E-state index contributed by atoms with van der Waals surface area (Å²) in [5.74, 6) is -0.579. The average Bonchev–Trinajstić information content (AvgIpc) is 2.82. The van der Waals surface area contributed by atoms with E-state index in [1.54, 1.807) is 19.1 Å². The Morgan fingerprint density at radius 3 is 2.52 bits per heavy atom. The van der Waals surface area contributed by atoms with Crippen molar-refractivity contribution in [2.45, 2.75) is 32.6 Å². The third-order valence-corrected chi connectivity index (χ3v) is 3.86. The summed E-state index contributed by atoms with van der Waals surface area (Å²) in [4.78, 5) is 34.6. The Labute approximate surface area is 122 Å². The van der Waals surface area contributed by atoms with Crippen molar-refractivity contribution in [2.75, 3.05) is 6.61 Å². The topological polar surface area (TPSA) is 86.5 Å². The number of hydrogen-bond acceptors (Lipinski definition) is 5. The van der Waals surface area contributed by atoms with Crippen LogP contribution in [-0.2, 0) is 20.7 Å². The summed E-state index contributed by atoms with van der Waals surface area (Å²) < 4.78 is 5.07. The molecular formula is C15H17NO5. The normalized spacial score (nSPS) is 21.3. The van der Waals surface area contributed by atoms with E-state index < -0.39 is 16.3 Å². The zero-order valence-corrected chi connectivity index (χ0v) is 11.8. The summed E-state index contributed by atoms with van der Waals surface area (Å²) in [6, 6.07) is 5.94. The molecule has 0 aromatic heterocycles. The lowest BCUT2D eigenvalue weighted by Crippen LogP contribution is -2.39. The number of esters is 1. The highest BCUT2D eigenvalue weighted by molar-refractivity contribution is 6.05. The van der Waals surface area contributed by atoms with Crippen LogP contribution in [0, 0.1) is 15.5 Å². The second-order valence-electron chi connectivity index (χ2n) is 5.18. The van der Waals surface area contributed by atoms with Gasteiger partial charge >= 0.3 is 5.97 Å². The number of Topliss-reactive ketones (excluding diaryl/α,β-unsaturated/α-hetero) is 1. The van der Waals surface area contributed by atoms with Gasteiger partial charge in [0.25, 0.3) is 5.69 Å². The minimum absolute atomic E-state index is 0.0123. The van der Waals surface area contributed by atoms with Gasteiger partial charge in [0.1, 0.15) is 5.41 Å². The van der Waals surface area contributed by atoms with Crippen molar-refractivity contribution in [1.29, 1.82) is 0 Å². The second kappa shape index (κ2) is 6.03. The molecule has 1 aromatic rings. The van der Waals surface area contributed by atoms with Crippen LogP contribution >= 0.6 is 0 Å². The molecule has 0 radical (unpaired) electrons. The number of ketones is 1. The molecule has 1 saturated carbocycles. The van der Waals surface area contributed by atoms with Crippen LogP contribution in [0.3, 0.4) is 0 Å². The number of nitro benzene ring substituents is 1. The van der Waals surface area contributed by atoms with Crippen LogP contribution < -0.4 is 0 Å². The maximum Gasteiger partial charge on any atom is 0.319 e. The Balaban J connectivity index is 2.25. The van der Waals surface area contributed by atoms with Gasteiger partial charge in [0.05, 0.1) is 11.5 Å². The monoisotopic (exact) mass is 291 g/mol. The molecular weight excluding hydrogens is 274 g/mol. The molecule has 2 rings (SSSR count). The largest absolute Gasteiger partial charge is 0.465 e. The molecule has 0 amide bonds. The van der Waals surface area contributed by atoms with Crippen LogP contribution in [-0.4, -0.2) is 23.3 Å². The number of carbonyl (C=O) groups excluding carboxylic acids is 2. The van der Waals surface area contributed by atoms with Gasteiger partial charge in [-0.2, -0.15) is 0 Å². The van der Waals surface area contributed by atoms with Gasteiger partial charge in [0, 0.05) is 18.6 Å². The lowest BCUT2D eigenvalue weighted by Gasteiger charge is -2.24. The van der Waals surface area contributed by atoms with E-state index in [0.717, 1.165) is 5.56 Å². The zero-order valence-electron chi connectivity index (χ0n) is 11.8. The van der Waals surface area contributed by atoms with Crippen LogP contribution in [0.4, 0.5) is 5.69 Å². The van der Waals surface area contributed by atoms with E-state index in [2.05, 4.69) is 0 Å². The number of benzene rings is 1. The molecule has 0 heterocycles. The molecule has 0 saturated heterocycles. The highest BCUT2D eigenvalue weighted by Crippen LogP contribution is 2.39. The van der Waals surface area contributed by atoms with Gasteiger partial charge in [-0.25, -0.2) is 0 Å². The molecule has 6 heteroatoms. The van der Waals surface area contributed by atoms with E-state index in [1.165, 1.54) is 12.1 Å². The highest BCUT2D eigenvalue weighted by atomic mass is 16.6. The fraction of sp³-hybridized carbons (Fsp3) is 0.467. The third-order valence-electron chi connectivity index (χ3n) is 3.86. The number of ether oxygens (including phenoxy) is 1. The smallest absolute Gasteiger partial charge is 0.319 e. The number of carbonyl (C=O) groups is 2. The molecule has 0 spiro atoms. The molecule has 0 N–H and O–H groups in total. The first-order chi connectivity index (χ1) is 9.99. The van der Waals surface area contributed by atoms with Crippen LogP contribution in [0.5, 0.6) is 0 Å². The van der Waals surface area contributed by atoms with E-state index in [4.69, 9.17) is 4.74 Å². The lowest BCUT2D eigenvalue weighted by atomic mass is 9.79. The average molecular weight is 291 g/mol. The fourth-order valence-corrected chi connectivity index (χ4v) is 2.76. The van der Waals surface area contributed by atoms with Crippen molar-refractivity contribution >= 4 is 17.4 Å². The van der Waals surface area contributed by atoms with Crippen molar-refractivity contribution in [3.63, 3.8) is 0 Å². The molecule has 1 fully saturated rings. The Kier molecular flexibility index (Phi) is 4.35. The predicted molar refractivity (Wildman–Crippen MR) is 74.7 cm³/mol. The number of non-ortho nitro benzene ring substituents is 1. The van der Waals surface area contributed by atoms with Gasteiger partial charge < -0.3 is 4.74 Å². The number of nitro groups is 1. The Morgan fingerprint density at radius 1 is 1.38 bits per heavy atom. The van der Waals surface area contributed by atoms with Gasteiger partial charge in [0.15, 0.2) is 5.78 Å². The summed E-state index contributed by atoms with van der Waals surface area (Å²) >= 11 is 0. The summed E-state index contributed by atoms with van der Waals surface area (Å²) in [5.41, 5.74) is -0.405. The van der Waals surface area contributed by atoms with E-state index in [1.807, 2.05) is 0 Å². The first kappa shape index (κ1) is 15.2. The van der Waals surface area contributed by atoms with Gasteiger partial charge in [-0.05, 0) is 31.7 Å². The SMILES string of the molecule is CCOC(=O)[C@]1(Cc2ccc([N+](=O)[O-])cc2)CCCC1=O. The predicted octanol–water partition coefficient (Wildman–Crippen LogP) is 2.44. The highest BCUT2D eigenvalue weighted by Gasteiger charge is 2.49. The van der Waals surface area contributed by atoms with Crippen molar-refractivity contribution in [3.05, 3.63) is 39.9 Å². The van der Waals surface area contributed by atoms with Crippen LogP contribution in [0.2, 0.25) is 0 Å². The Hall–Kier alpha value is -2.24. The maximum absolute atomic E-state index is 12.2. The summed E-state index contributed by atoms with van der Waals surface area (Å²) in [7, 11) is 0. The number of hydrogen-bond donors (Lipinski definition) is 0. The van der Waals surface area contributed by atoms with E-state index in [0.29, 0.717) is 19.3 Å². The Bertz CT molecular complexity index is 566. The van der Waals surface area contributed by atoms with Crippen molar-refractivity contribution in [2.24, 2.45) is 5.41 Å². The van der Waals surface area contributed by atoms with Crippen LogP contribution in [0.15, 0.2) is 24.3 Å². The van der Waals surface area contributed by atoms with Crippen LogP contribution in [0.1, 0.15) is 31.7 Å². The fourth-order valence-electron chi connectivity index (χ4n) is 2.76. The first-order valence-electron chi connectivity index (χ1n) is 6.93. The first-order valence-corrected chi connectivity index (χ1v) is 6.93. The standard InChI is InChI=1S/C15H17NO5/c1-2-21-14(18)15(9-3-4-13(15)17)10-11-5-7-12(8-6-11)16(19)20/h5-8H,2-4,9-10H2,1H3/t15-/m0/s1. The molecule has 1 aliphatic rings. The van der Waals surface area contributed by atoms with Crippen molar-refractivity contribution < 1.29 is 19.2 Å². The Morgan fingerprint density at radius 2 is 2.05 bits per heavy atom. The maximum atomic E-state index is 12.2. The lowest BCUT2D eigenvalue weighted by molar-refractivity contribution is -0.384. The number of rotatable bonds is 5. The second-order valence-corrected chi connectivity index (χ2v) is 5.18. The third kappa shape index (κ3) is 2.94. The van der Waals surface area contributed by atoms with Gasteiger partial charge in [0.2, 0.25) is 0 Å². The van der Waals surface area contributed by atoms with Crippen molar-refractivity contribution in [3.8, 4) is 0 Å². The molecule has 0 unspecified atom stereocenters. The van der Waals surface area contributed by atoms with Gasteiger partial charge in [-0.1, -0.05) is 12.1 Å². The molecule has 6 nitrogen and oxygen atoms in total. The minimum atomic E-state index is -1.12. The van der Waals surface area contributed by atoms with E-state index in [-0.39, 0.29) is 24.5 Å². The minimum Gasteiger partial charge on any atom is -0.465 e. The molecule has 0 bridgehead atoms. The molecule has 21 heavy (non-hydrogen) atoms. The molecule has 112 valence electrons. The van der Waals surface area contributed by atoms with Crippen molar-refractivity contribution in [1.82, 2.24) is 0 Å². The number of nitrogens with zero attached hydrogens (tertiary/aromatic N) is 1. The van der Waals surface area contributed by atoms with Crippen LogP contribution in [0.25, 0.3) is 0 Å². The zero-order chi connectivity index (χ0) is 15.5. The van der Waals surface area contributed by atoms with Gasteiger partial charge in [-0.3, -0.25) is 19.7 Å². The quantitative estimate of drug-likeness (QED) is 0.360. The molecule has 1 atom stereocenters. The summed E-state index contributed by atoms with van der Waals surface area (Å²) in [5, 5.41) is 10.6. The molecule has 1 aromatic carbocycles. The van der Waals surface area contributed by atoms with E-state index >= 15 is 0 Å².